The van der Waals surface area contributed by atoms with Gasteiger partial charge in [-0.3, -0.25) is 0 Å². The van der Waals surface area contributed by atoms with Crippen LogP contribution in [0.5, 0.6) is 0 Å². The predicted octanol–water partition coefficient (Wildman–Crippen LogP) is 1.57. The average molecular weight is 181 g/mol. The molecule has 0 saturated carbocycles. The first-order valence-corrected chi connectivity index (χ1v) is 4.74. The van der Waals surface area contributed by atoms with Gasteiger partial charge in [-0.2, -0.15) is 0 Å². The molecule has 0 amide bonds. The monoisotopic (exact) mass is 181 g/mol. The third kappa shape index (κ3) is 1.91. The third-order valence-electron chi connectivity index (χ3n) is 2.36. The van der Waals surface area contributed by atoms with Gasteiger partial charge in [-0.25, -0.2) is 4.98 Å². The summed E-state index contributed by atoms with van der Waals surface area (Å²) in [5.41, 5.74) is 2.52. The van der Waals surface area contributed by atoms with Crippen LogP contribution in [0.15, 0.2) is 0 Å². The molecule has 1 aromatic rings. The Bertz CT molecular complexity index is 287. The normalized spacial score (nSPS) is 11.2. The summed E-state index contributed by atoms with van der Waals surface area (Å²) in [7, 11) is 4.04. The Labute approximate surface area is 80.2 Å². The van der Waals surface area contributed by atoms with Crippen molar-refractivity contribution in [2.45, 2.75) is 33.2 Å². The molecule has 1 heterocycles. The number of aryl methyl sites for hydroxylation is 1. The maximum absolute atomic E-state index is 4.55. The molecule has 0 saturated heterocycles. The summed E-state index contributed by atoms with van der Waals surface area (Å²) in [5, 5.41) is 3.17. The summed E-state index contributed by atoms with van der Waals surface area (Å²) in [6.45, 7) is 7.30. The zero-order valence-electron chi connectivity index (χ0n) is 9.18. The molecule has 0 unspecified atom stereocenters. The summed E-state index contributed by atoms with van der Waals surface area (Å²) in [6.07, 6.45) is 0. The van der Waals surface area contributed by atoms with Crippen LogP contribution in [0.1, 0.15) is 37.0 Å². The molecule has 0 spiro atoms. The molecule has 74 valence electrons. The highest BCUT2D eigenvalue weighted by Crippen LogP contribution is 2.18. The molecule has 1 rings (SSSR count). The minimum atomic E-state index is 0.503. The van der Waals surface area contributed by atoms with Crippen molar-refractivity contribution in [3.05, 3.63) is 17.2 Å². The molecular weight excluding hydrogens is 162 g/mol. The van der Waals surface area contributed by atoms with E-state index in [1.807, 2.05) is 14.0 Å². The smallest absolute Gasteiger partial charge is 0.105 e. The van der Waals surface area contributed by atoms with Crippen molar-refractivity contribution in [2.75, 3.05) is 7.05 Å². The SMILES string of the molecule is CNCc1c(C(C)C)nc(C)n1C. The third-order valence-corrected chi connectivity index (χ3v) is 2.36. The van der Waals surface area contributed by atoms with Crippen molar-refractivity contribution in [3.63, 3.8) is 0 Å². The van der Waals surface area contributed by atoms with Gasteiger partial charge in [0.25, 0.3) is 0 Å². The average Bonchev–Trinajstić information content (AvgIpc) is 2.33. The Morgan fingerprint density at radius 1 is 1.46 bits per heavy atom. The molecule has 1 aromatic heterocycles. The molecule has 1 N–H and O–H groups in total. The number of imidazole rings is 1. The first-order chi connectivity index (χ1) is 6.07. The van der Waals surface area contributed by atoms with Crippen LogP contribution in [0.25, 0.3) is 0 Å². The van der Waals surface area contributed by atoms with E-state index < -0.39 is 0 Å². The van der Waals surface area contributed by atoms with Gasteiger partial charge in [0.2, 0.25) is 0 Å². The topological polar surface area (TPSA) is 29.9 Å². The molecule has 0 aliphatic carbocycles. The summed E-state index contributed by atoms with van der Waals surface area (Å²) >= 11 is 0. The molecule has 3 nitrogen and oxygen atoms in total. The molecule has 0 aliphatic heterocycles. The first kappa shape index (κ1) is 10.3. The van der Waals surface area contributed by atoms with Gasteiger partial charge < -0.3 is 9.88 Å². The Hall–Kier alpha value is -0.830. The number of aromatic nitrogens is 2. The van der Waals surface area contributed by atoms with Gasteiger partial charge in [-0.15, -0.1) is 0 Å². The van der Waals surface area contributed by atoms with Crippen LogP contribution in [0.2, 0.25) is 0 Å². The molecule has 0 aliphatic rings. The lowest BCUT2D eigenvalue weighted by atomic mass is 10.1. The minimum absolute atomic E-state index is 0.503. The quantitative estimate of drug-likeness (QED) is 0.767. The summed E-state index contributed by atoms with van der Waals surface area (Å²) < 4.78 is 2.16. The molecular formula is C10H19N3. The van der Waals surface area contributed by atoms with E-state index in [0.717, 1.165) is 12.4 Å². The maximum Gasteiger partial charge on any atom is 0.105 e. The van der Waals surface area contributed by atoms with Crippen LogP contribution in [0, 0.1) is 6.92 Å². The molecule has 0 radical (unpaired) electrons. The fourth-order valence-corrected chi connectivity index (χ4v) is 1.52. The molecule has 0 bridgehead atoms. The van der Waals surface area contributed by atoms with Gasteiger partial charge in [0.1, 0.15) is 5.82 Å². The van der Waals surface area contributed by atoms with E-state index in [1.165, 1.54) is 11.4 Å². The minimum Gasteiger partial charge on any atom is -0.334 e. The fourth-order valence-electron chi connectivity index (χ4n) is 1.52. The van der Waals surface area contributed by atoms with E-state index in [9.17, 15) is 0 Å². The highest BCUT2D eigenvalue weighted by Gasteiger charge is 2.13. The van der Waals surface area contributed by atoms with Crippen LogP contribution in [-0.2, 0) is 13.6 Å². The lowest BCUT2D eigenvalue weighted by molar-refractivity contribution is 0.701. The number of hydrogen-bond acceptors (Lipinski definition) is 2. The van der Waals surface area contributed by atoms with Crippen LogP contribution in [0.3, 0.4) is 0 Å². The number of rotatable bonds is 3. The molecule has 13 heavy (non-hydrogen) atoms. The Morgan fingerprint density at radius 2 is 2.08 bits per heavy atom. The van der Waals surface area contributed by atoms with Crippen molar-refractivity contribution in [1.82, 2.24) is 14.9 Å². The van der Waals surface area contributed by atoms with E-state index in [2.05, 4.69) is 35.8 Å². The molecule has 0 atom stereocenters. The van der Waals surface area contributed by atoms with Crippen molar-refractivity contribution in [3.8, 4) is 0 Å². The van der Waals surface area contributed by atoms with E-state index in [-0.39, 0.29) is 0 Å². The highest BCUT2D eigenvalue weighted by molar-refractivity contribution is 5.19. The second-order valence-corrected chi connectivity index (χ2v) is 3.73. The van der Waals surface area contributed by atoms with Gasteiger partial charge in [-0.1, -0.05) is 13.8 Å². The summed E-state index contributed by atoms with van der Waals surface area (Å²) in [6, 6.07) is 0. The Balaban J connectivity index is 3.11. The largest absolute Gasteiger partial charge is 0.334 e. The lowest BCUT2D eigenvalue weighted by Gasteiger charge is -2.07. The zero-order valence-corrected chi connectivity index (χ0v) is 9.18. The van der Waals surface area contributed by atoms with Crippen molar-refractivity contribution >= 4 is 0 Å². The highest BCUT2D eigenvalue weighted by atomic mass is 15.1. The van der Waals surface area contributed by atoms with E-state index >= 15 is 0 Å². The Kier molecular flexibility index (Phi) is 3.09. The maximum atomic E-state index is 4.55. The van der Waals surface area contributed by atoms with Crippen LogP contribution in [0.4, 0.5) is 0 Å². The van der Waals surface area contributed by atoms with Crippen LogP contribution in [-0.4, -0.2) is 16.6 Å². The van der Waals surface area contributed by atoms with Gasteiger partial charge in [0, 0.05) is 13.6 Å². The van der Waals surface area contributed by atoms with Crippen molar-refractivity contribution in [1.29, 1.82) is 0 Å². The van der Waals surface area contributed by atoms with E-state index in [4.69, 9.17) is 0 Å². The first-order valence-electron chi connectivity index (χ1n) is 4.74. The second-order valence-electron chi connectivity index (χ2n) is 3.73. The number of nitrogens with one attached hydrogen (secondary N) is 1. The zero-order chi connectivity index (χ0) is 10.0. The molecule has 0 aromatic carbocycles. The van der Waals surface area contributed by atoms with E-state index in [1.54, 1.807) is 0 Å². The predicted molar refractivity (Wildman–Crippen MR) is 54.8 cm³/mol. The number of hydrogen-bond donors (Lipinski definition) is 1. The molecule has 3 heteroatoms. The van der Waals surface area contributed by atoms with Gasteiger partial charge >= 0.3 is 0 Å². The van der Waals surface area contributed by atoms with Crippen molar-refractivity contribution in [2.24, 2.45) is 7.05 Å². The summed E-state index contributed by atoms with van der Waals surface area (Å²) in [4.78, 5) is 4.55. The lowest BCUT2D eigenvalue weighted by Crippen LogP contribution is -2.12. The fraction of sp³-hybridized carbons (Fsp3) is 0.700. The van der Waals surface area contributed by atoms with Gasteiger partial charge in [0.15, 0.2) is 0 Å². The number of nitrogens with zero attached hydrogens (tertiary/aromatic N) is 2. The molecule has 0 fully saturated rings. The van der Waals surface area contributed by atoms with Gasteiger partial charge in [0.05, 0.1) is 11.4 Å². The van der Waals surface area contributed by atoms with Crippen LogP contribution < -0.4 is 5.32 Å². The van der Waals surface area contributed by atoms with Crippen molar-refractivity contribution < 1.29 is 0 Å². The Morgan fingerprint density at radius 3 is 2.54 bits per heavy atom. The van der Waals surface area contributed by atoms with Crippen LogP contribution >= 0.6 is 0 Å². The standard InChI is InChI=1S/C10H19N3/c1-7(2)10-9(6-11-4)13(5)8(3)12-10/h7,11H,6H2,1-5H3. The second kappa shape index (κ2) is 3.92. The van der Waals surface area contributed by atoms with Gasteiger partial charge in [-0.05, 0) is 19.9 Å². The van der Waals surface area contributed by atoms with E-state index in [0.29, 0.717) is 5.92 Å². The summed E-state index contributed by atoms with van der Waals surface area (Å²) in [5.74, 6) is 1.59.